The van der Waals surface area contributed by atoms with Gasteiger partial charge in [-0.05, 0) is 48.9 Å². The minimum atomic E-state index is -3.08. The summed E-state index contributed by atoms with van der Waals surface area (Å²) in [6, 6.07) is 10.3. The van der Waals surface area contributed by atoms with Crippen LogP contribution in [0.25, 0.3) is 0 Å². The normalized spacial score (nSPS) is 16.5. The van der Waals surface area contributed by atoms with Crippen molar-refractivity contribution in [2.24, 2.45) is 5.73 Å². The van der Waals surface area contributed by atoms with Crippen LogP contribution in [0.2, 0.25) is 0 Å². The largest absolute Gasteiger partial charge is 0.419 e. The third-order valence-electron chi connectivity index (χ3n) is 5.81. The summed E-state index contributed by atoms with van der Waals surface area (Å²) in [6.07, 6.45) is 0.528. The summed E-state index contributed by atoms with van der Waals surface area (Å²) in [5, 5.41) is 3.12. The molecule has 1 aliphatic rings. The van der Waals surface area contributed by atoms with Gasteiger partial charge in [0.15, 0.2) is 0 Å². The van der Waals surface area contributed by atoms with Crippen LogP contribution in [0.1, 0.15) is 25.3 Å². The van der Waals surface area contributed by atoms with Crippen LogP contribution in [0.15, 0.2) is 42.5 Å². The second-order valence-electron chi connectivity index (χ2n) is 8.69. The smallest absolute Gasteiger partial charge is 0.410 e. The minimum Gasteiger partial charge on any atom is -0.410 e. The van der Waals surface area contributed by atoms with Crippen molar-refractivity contribution in [1.29, 1.82) is 0 Å². The number of nitrogens with zero attached hydrogens (tertiary/aromatic N) is 2. The molecule has 0 bridgehead atoms. The van der Waals surface area contributed by atoms with Crippen LogP contribution in [0, 0.1) is 5.82 Å². The number of ether oxygens (including phenoxy) is 1. The second-order valence-corrected chi connectivity index (χ2v) is 10.9. The molecule has 0 radical (unpaired) electrons. The molecule has 1 aliphatic heterocycles. The molecular formula is C24H31FN4O5S. The number of nitrogens with one attached hydrogen (secondary N) is 1. The number of hydrogen-bond donors (Lipinski definition) is 2. The molecule has 0 spiro atoms. The van der Waals surface area contributed by atoms with Gasteiger partial charge in [0.05, 0.1) is 23.2 Å². The molecule has 0 aliphatic carbocycles. The predicted octanol–water partition coefficient (Wildman–Crippen LogP) is 2.26. The van der Waals surface area contributed by atoms with Crippen LogP contribution in [-0.2, 0) is 14.6 Å². The van der Waals surface area contributed by atoms with Crippen LogP contribution >= 0.6 is 0 Å². The highest BCUT2D eigenvalue weighted by Crippen LogP contribution is 2.38. The molecule has 0 saturated carbocycles. The summed E-state index contributed by atoms with van der Waals surface area (Å²) in [5.74, 6) is -0.536. The van der Waals surface area contributed by atoms with E-state index in [-0.39, 0.29) is 42.5 Å². The molecule has 1 unspecified atom stereocenters. The molecule has 190 valence electrons. The number of carbonyl (C=O) groups excluding carboxylic acids is 2. The van der Waals surface area contributed by atoms with Crippen molar-refractivity contribution in [2.75, 3.05) is 48.0 Å². The van der Waals surface area contributed by atoms with E-state index in [0.717, 1.165) is 5.56 Å². The van der Waals surface area contributed by atoms with E-state index < -0.39 is 21.7 Å². The fourth-order valence-electron chi connectivity index (χ4n) is 4.08. The summed E-state index contributed by atoms with van der Waals surface area (Å²) in [7, 11) is -3.08. The molecule has 2 aromatic carbocycles. The average molecular weight is 507 g/mol. The summed E-state index contributed by atoms with van der Waals surface area (Å²) >= 11 is 0. The molecule has 9 nitrogen and oxygen atoms in total. The van der Waals surface area contributed by atoms with Crippen LogP contribution in [0.4, 0.5) is 20.6 Å². The van der Waals surface area contributed by atoms with Crippen LogP contribution in [0.3, 0.4) is 0 Å². The Labute approximate surface area is 204 Å². The lowest BCUT2D eigenvalue weighted by molar-refractivity contribution is -0.117. The first-order chi connectivity index (χ1) is 16.5. The van der Waals surface area contributed by atoms with Gasteiger partial charge in [-0.1, -0.05) is 6.07 Å². The van der Waals surface area contributed by atoms with Gasteiger partial charge in [0.1, 0.15) is 21.4 Å². The van der Waals surface area contributed by atoms with Crippen molar-refractivity contribution < 1.29 is 27.1 Å². The van der Waals surface area contributed by atoms with Crippen molar-refractivity contribution in [3.05, 3.63) is 53.8 Å². The molecule has 0 saturated heterocycles. The highest BCUT2D eigenvalue weighted by Gasteiger charge is 2.35. The maximum absolute atomic E-state index is 13.2. The van der Waals surface area contributed by atoms with Gasteiger partial charge in [-0.2, -0.15) is 0 Å². The molecule has 3 N–H and O–H groups in total. The number of rotatable bonds is 8. The van der Waals surface area contributed by atoms with Crippen LogP contribution < -0.4 is 25.6 Å². The number of hydrogen-bond acceptors (Lipinski definition) is 7. The summed E-state index contributed by atoms with van der Waals surface area (Å²) in [5.41, 5.74) is 7.89. The fraction of sp³-hybridized carbons (Fsp3) is 0.417. The molecule has 0 fully saturated rings. The lowest BCUT2D eigenvalue weighted by Gasteiger charge is -2.40. The number of anilines is 2. The quantitative estimate of drug-likeness (QED) is 0.527. The molecule has 2 atom stereocenters. The van der Waals surface area contributed by atoms with Gasteiger partial charge in [0, 0.05) is 45.3 Å². The lowest BCUT2D eigenvalue weighted by Crippen LogP contribution is -2.52. The first kappa shape index (κ1) is 26.6. The average Bonchev–Trinajstić information content (AvgIpc) is 2.79. The molecule has 2 amide bonds. The van der Waals surface area contributed by atoms with Gasteiger partial charge in [-0.15, -0.1) is 0 Å². The SMILES string of the molecule is CC(=O)N1c2ccc(C(CN)CNCCS(C)(=O)=O)cc2N(C(=O)Oc2ccc(F)cc2)C[C@@H]1C. The number of benzene rings is 2. The number of nitrogens with two attached hydrogens (primary N) is 1. The molecule has 1 heterocycles. The first-order valence-corrected chi connectivity index (χ1v) is 13.3. The summed E-state index contributed by atoms with van der Waals surface area (Å²) < 4.78 is 41.4. The number of halogens is 1. The van der Waals surface area contributed by atoms with E-state index in [1.54, 1.807) is 17.0 Å². The van der Waals surface area contributed by atoms with E-state index in [9.17, 15) is 22.4 Å². The molecular weight excluding hydrogens is 475 g/mol. The highest BCUT2D eigenvalue weighted by molar-refractivity contribution is 7.90. The third kappa shape index (κ3) is 6.77. The zero-order valence-electron chi connectivity index (χ0n) is 20.0. The van der Waals surface area contributed by atoms with E-state index in [1.165, 1.54) is 42.3 Å². The Morgan fingerprint density at radius 3 is 2.49 bits per heavy atom. The van der Waals surface area contributed by atoms with Crippen molar-refractivity contribution in [1.82, 2.24) is 5.32 Å². The Kier molecular flexibility index (Phi) is 8.47. The summed E-state index contributed by atoms with van der Waals surface area (Å²) in [4.78, 5) is 28.6. The van der Waals surface area contributed by atoms with Crippen LogP contribution in [-0.4, -0.2) is 64.6 Å². The molecule has 11 heteroatoms. The van der Waals surface area contributed by atoms with Gasteiger partial charge < -0.3 is 20.7 Å². The fourth-order valence-corrected chi connectivity index (χ4v) is 4.59. The Hall–Kier alpha value is -3.02. The molecule has 0 aromatic heterocycles. The monoisotopic (exact) mass is 506 g/mol. The first-order valence-electron chi connectivity index (χ1n) is 11.3. The topological polar surface area (TPSA) is 122 Å². The maximum atomic E-state index is 13.2. The Morgan fingerprint density at radius 1 is 1.20 bits per heavy atom. The van der Waals surface area contributed by atoms with E-state index in [2.05, 4.69) is 5.32 Å². The van der Waals surface area contributed by atoms with Crippen molar-refractivity contribution >= 4 is 33.2 Å². The molecule has 3 rings (SSSR count). The minimum absolute atomic E-state index is 0.0168. The zero-order chi connectivity index (χ0) is 25.8. The van der Waals surface area contributed by atoms with Gasteiger partial charge in [0.2, 0.25) is 5.91 Å². The number of sulfone groups is 1. The molecule has 35 heavy (non-hydrogen) atoms. The Morgan fingerprint density at radius 2 is 1.89 bits per heavy atom. The number of fused-ring (bicyclic) bond motifs is 1. The highest BCUT2D eigenvalue weighted by atomic mass is 32.2. The third-order valence-corrected chi connectivity index (χ3v) is 6.76. The van der Waals surface area contributed by atoms with Crippen molar-refractivity contribution in [3.8, 4) is 5.75 Å². The van der Waals surface area contributed by atoms with E-state index >= 15 is 0 Å². The Balaban J connectivity index is 1.89. The zero-order valence-corrected chi connectivity index (χ0v) is 20.8. The molecule has 2 aromatic rings. The number of amides is 2. The standard InChI is InChI=1S/C24H31FN4O5S/c1-16-15-28(24(31)34-21-7-5-20(25)6-8-21)23-12-18(4-9-22(23)29(16)17(2)30)19(13-26)14-27-10-11-35(3,32)33/h4-9,12,16,19,27H,10-11,13-15,26H2,1-3H3/t16-,19?/m0/s1. The van der Waals surface area contributed by atoms with Gasteiger partial charge in [-0.25, -0.2) is 17.6 Å². The second kappa shape index (κ2) is 11.1. The lowest BCUT2D eigenvalue weighted by atomic mass is 9.96. The van der Waals surface area contributed by atoms with E-state index in [1.807, 2.05) is 13.0 Å². The van der Waals surface area contributed by atoms with Crippen molar-refractivity contribution in [3.63, 3.8) is 0 Å². The van der Waals surface area contributed by atoms with Gasteiger partial charge in [0.25, 0.3) is 0 Å². The van der Waals surface area contributed by atoms with E-state index in [0.29, 0.717) is 24.5 Å². The van der Waals surface area contributed by atoms with Gasteiger partial charge >= 0.3 is 6.09 Å². The number of carbonyl (C=O) groups is 2. The van der Waals surface area contributed by atoms with Gasteiger partial charge in [-0.3, -0.25) is 9.69 Å². The van der Waals surface area contributed by atoms with Crippen LogP contribution in [0.5, 0.6) is 5.75 Å². The van der Waals surface area contributed by atoms with Crippen molar-refractivity contribution in [2.45, 2.75) is 25.8 Å². The Bertz CT molecular complexity index is 1170. The van der Waals surface area contributed by atoms with E-state index in [4.69, 9.17) is 10.5 Å². The summed E-state index contributed by atoms with van der Waals surface area (Å²) in [6.45, 7) is 4.54. The predicted molar refractivity (Wildman–Crippen MR) is 133 cm³/mol. The maximum Gasteiger partial charge on any atom is 0.419 e.